The first kappa shape index (κ1) is 26.7. The summed E-state index contributed by atoms with van der Waals surface area (Å²) in [5.41, 5.74) is 2.62. The molecule has 39 heavy (non-hydrogen) atoms. The number of amides is 1. The predicted molar refractivity (Wildman–Crippen MR) is 147 cm³/mol. The summed E-state index contributed by atoms with van der Waals surface area (Å²) in [7, 11) is 3.07. The van der Waals surface area contributed by atoms with Gasteiger partial charge in [-0.3, -0.25) is 14.8 Å². The Hall–Kier alpha value is -3.92. The third kappa shape index (κ3) is 5.34. The van der Waals surface area contributed by atoms with Crippen LogP contribution in [0.1, 0.15) is 30.5 Å². The van der Waals surface area contributed by atoms with Crippen LogP contribution in [-0.2, 0) is 9.53 Å². The molecule has 0 radical (unpaired) electrons. The topological polar surface area (TPSA) is 97.7 Å². The lowest BCUT2D eigenvalue weighted by Gasteiger charge is -2.37. The zero-order chi connectivity index (χ0) is 27.6. The lowest BCUT2D eigenvalue weighted by atomic mass is 9.85. The van der Waals surface area contributed by atoms with Crippen LogP contribution in [0, 0.1) is 18.2 Å². The average Bonchev–Trinajstić information content (AvgIpc) is 3.55. The molecular formula is C29H33FN4O5. The van der Waals surface area contributed by atoms with E-state index in [9.17, 15) is 4.79 Å². The molecule has 2 fully saturated rings. The number of aromatic amines is 1. The summed E-state index contributed by atoms with van der Waals surface area (Å²) in [6.45, 7) is 8.93. The molecule has 206 valence electrons. The van der Waals surface area contributed by atoms with Crippen molar-refractivity contribution in [3.05, 3.63) is 47.4 Å². The molecule has 0 aliphatic carbocycles. The monoisotopic (exact) mass is 536 g/mol. The van der Waals surface area contributed by atoms with Crippen LogP contribution in [0.3, 0.4) is 0 Å². The maximum absolute atomic E-state index is 15.2. The second-order valence-electron chi connectivity index (χ2n) is 10.1. The number of hydrogen-bond acceptors (Lipinski definition) is 7. The zero-order valence-corrected chi connectivity index (χ0v) is 22.5. The summed E-state index contributed by atoms with van der Waals surface area (Å²) in [5, 5.41) is 0.434. The first-order chi connectivity index (χ1) is 18.9. The largest absolute Gasteiger partial charge is 0.493 e. The molecule has 1 N–H and O–H groups in total. The Balaban J connectivity index is 1.25. The number of rotatable bonds is 9. The number of aliphatic imine (C=N–C) groups is 2. The fraction of sp³-hybridized carbons (Fsp3) is 0.414. The van der Waals surface area contributed by atoms with Gasteiger partial charge in [-0.05, 0) is 50.7 Å². The van der Waals surface area contributed by atoms with Crippen molar-refractivity contribution in [1.29, 1.82) is 0 Å². The Morgan fingerprint density at radius 3 is 2.72 bits per heavy atom. The summed E-state index contributed by atoms with van der Waals surface area (Å²) >= 11 is 0. The van der Waals surface area contributed by atoms with Crippen molar-refractivity contribution in [3.63, 3.8) is 0 Å². The van der Waals surface area contributed by atoms with Gasteiger partial charge in [0.25, 0.3) is 0 Å². The van der Waals surface area contributed by atoms with Crippen LogP contribution < -0.4 is 14.2 Å². The van der Waals surface area contributed by atoms with Crippen LogP contribution in [0.5, 0.6) is 17.2 Å². The molecule has 0 saturated carbocycles. The van der Waals surface area contributed by atoms with E-state index in [-0.39, 0.29) is 23.0 Å². The minimum absolute atomic E-state index is 0.0369. The summed E-state index contributed by atoms with van der Waals surface area (Å²) in [6.07, 6.45) is 1.97. The normalized spacial score (nSPS) is 16.4. The summed E-state index contributed by atoms with van der Waals surface area (Å²) in [4.78, 5) is 26.0. The number of nitrogens with one attached hydrogen (secondary N) is 1. The minimum Gasteiger partial charge on any atom is -0.493 e. The van der Waals surface area contributed by atoms with E-state index in [0.717, 1.165) is 38.4 Å². The molecule has 2 aliphatic heterocycles. The molecule has 10 heteroatoms. The number of H-pyrrole nitrogens is 1. The summed E-state index contributed by atoms with van der Waals surface area (Å²) in [6, 6.07) is 8.39. The first-order valence-corrected chi connectivity index (χ1v) is 13.0. The van der Waals surface area contributed by atoms with Gasteiger partial charge >= 0.3 is 0 Å². The van der Waals surface area contributed by atoms with E-state index in [1.807, 2.05) is 11.8 Å². The quantitative estimate of drug-likeness (QED) is 0.240. The number of halogens is 1. The van der Waals surface area contributed by atoms with E-state index in [1.165, 1.54) is 7.11 Å². The molecule has 2 aliphatic rings. The number of likely N-dealkylation sites (tertiary alicyclic amines) is 1. The number of ether oxygens (including phenoxy) is 4. The van der Waals surface area contributed by atoms with Gasteiger partial charge in [0.1, 0.15) is 0 Å². The molecule has 1 amide bonds. The van der Waals surface area contributed by atoms with Crippen LogP contribution in [0.15, 0.2) is 40.3 Å². The third-order valence-electron chi connectivity index (χ3n) is 7.33. The van der Waals surface area contributed by atoms with Gasteiger partial charge < -0.3 is 28.8 Å². The highest BCUT2D eigenvalue weighted by Crippen LogP contribution is 2.38. The fourth-order valence-electron chi connectivity index (χ4n) is 5.15. The predicted octanol–water partition coefficient (Wildman–Crippen LogP) is 4.82. The van der Waals surface area contributed by atoms with Crippen molar-refractivity contribution in [2.45, 2.75) is 26.2 Å². The first-order valence-electron chi connectivity index (χ1n) is 13.0. The Morgan fingerprint density at radius 2 is 2.05 bits per heavy atom. The molecule has 1 spiro atoms. The highest BCUT2D eigenvalue weighted by atomic mass is 19.1. The summed E-state index contributed by atoms with van der Waals surface area (Å²) in [5.74, 6) is 0.719. The van der Waals surface area contributed by atoms with Gasteiger partial charge in [-0.15, -0.1) is 0 Å². The molecular weight excluding hydrogens is 503 g/mol. The van der Waals surface area contributed by atoms with E-state index in [0.29, 0.717) is 53.1 Å². The van der Waals surface area contributed by atoms with Crippen molar-refractivity contribution >= 4 is 35.1 Å². The van der Waals surface area contributed by atoms with Crippen LogP contribution in [0.25, 0.3) is 10.9 Å². The number of fused-ring (bicyclic) bond motifs is 1. The molecule has 1 aromatic heterocycles. The Bertz CT molecular complexity index is 1430. The smallest absolute Gasteiger partial charge is 0.224 e. The molecule has 9 nitrogen and oxygen atoms in total. The average molecular weight is 537 g/mol. The molecule has 5 rings (SSSR count). The van der Waals surface area contributed by atoms with E-state index >= 15 is 4.39 Å². The molecule has 3 heterocycles. The van der Waals surface area contributed by atoms with Crippen molar-refractivity contribution in [1.82, 2.24) is 9.88 Å². The SMILES string of the molecule is C=Nc1cc(OCCCC(=O)N2CCC3(COC3)C2)c(OC)cc1C(=NC)Oc1ccc2[nH]c(C)cc2c1F. The van der Waals surface area contributed by atoms with E-state index in [4.69, 9.17) is 18.9 Å². The van der Waals surface area contributed by atoms with Gasteiger partial charge in [0.05, 0.1) is 38.2 Å². The van der Waals surface area contributed by atoms with Crippen molar-refractivity contribution in [2.75, 3.05) is 47.1 Å². The van der Waals surface area contributed by atoms with Gasteiger partial charge in [-0.1, -0.05) is 0 Å². The second kappa shape index (κ2) is 11.1. The van der Waals surface area contributed by atoms with Crippen molar-refractivity contribution in [3.8, 4) is 17.2 Å². The molecule has 2 saturated heterocycles. The number of nitrogens with zero attached hydrogens (tertiary/aromatic N) is 3. The van der Waals surface area contributed by atoms with Gasteiger partial charge in [0, 0.05) is 54.6 Å². The maximum Gasteiger partial charge on any atom is 0.224 e. The number of methoxy groups -OCH3 is 1. The minimum atomic E-state index is -0.488. The van der Waals surface area contributed by atoms with Gasteiger partial charge in [0.2, 0.25) is 11.8 Å². The van der Waals surface area contributed by atoms with Crippen molar-refractivity contribution < 1.29 is 28.1 Å². The molecule has 2 aromatic carbocycles. The number of aryl methyl sites for hydroxylation is 1. The van der Waals surface area contributed by atoms with E-state index < -0.39 is 5.82 Å². The van der Waals surface area contributed by atoms with Gasteiger partial charge in [0.15, 0.2) is 23.1 Å². The molecule has 0 bridgehead atoms. The Labute approximate surface area is 226 Å². The molecule has 3 aromatic rings. The highest BCUT2D eigenvalue weighted by Gasteiger charge is 2.45. The van der Waals surface area contributed by atoms with Gasteiger partial charge in [-0.2, -0.15) is 0 Å². The van der Waals surface area contributed by atoms with Crippen LogP contribution >= 0.6 is 0 Å². The van der Waals surface area contributed by atoms with Crippen LogP contribution in [0.4, 0.5) is 10.1 Å². The lowest BCUT2D eigenvalue weighted by molar-refractivity contribution is -0.135. The summed E-state index contributed by atoms with van der Waals surface area (Å²) < 4.78 is 37.9. The zero-order valence-electron chi connectivity index (χ0n) is 22.5. The Morgan fingerprint density at radius 1 is 1.23 bits per heavy atom. The number of carbonyl (C=O) groups excluding carboxylic acids is 1. The Kier molecular flexibility index (Phi) is 7.56. The fourth-order valence-corrected chi connectivity index (χ4v) is 5.15. The molecule has 0 atom stereocenters. The van der Waals surface area contributed by atoms with E-state index in [1.54, 1.807) is 37.4 Å². The second-order valence-corrected chi connectivity index (χ2v) is 10.1. The number of aromatic nitrogens is 1. The number of carbonyl (C=O) groups is 1. The van der Waals surface area contributed by atoms with Crippen molar-refractivity contribution in [2.24, 2.45) is 15.4 Å². The standard InChI is InChI=1S/C29H33FN4O5/c1-18-12-19-21(33-18)7-8-23(27(19)30)39-28(32-3)20-13-24(36-4)25(14-22(20)31-2)38-11-5-6-26(35)34-10-9-29(15-34)16-37-17-29/h7-8,12-14,33H,2,5-6,9-11,15-17H2,1,3-4H3. The maximum atomic E-state index is 15.2. The van der Waals surface area contributed by atoms with Gasteiger partial charge in [-0.25, -0.2) is 4.39 Å². The highest BCUT2D eigenvalue weighted by molar-refractivity contribution is 6.01. The van der Waals surface area contributed by atoms with E-state index in [2.05, 4.69) is 21.7 Å². The lowest BCUT2D eigenvalue weighted by Crippen LogP contribution is -2.45. The number of benzene rings is 2. The van der Waals surface area contributed by atoms with Crippen LogP contribution in [0.2, 0.25) is 0 Å². The third-order valence-corrected chi connectivity index (χ3v) is 7.33. The van der Waals surface area contributed by atoms with Crippen LogP contribution in [-0.4, -0.2) is 75.5 Å². The number of hydrogen-bond donors (Lipinski definition) is 1. The molecule has 0 unspecified atom stereocenters.